The molecule has 4 rings (SSSR count). The van der Waals surface area contributed by atoms with Gasteiger partial charge in [-0.05, 0) is 25.3 Å². The average molecular weight is 439 g/mol. The third kappa shape index (κ3) is 5.56. The van der Waals surface area contributed by atoms with Gasteiger partial charge in [-0.25, -0.2) is 9.67 Å². The first-order chi connectivity index (χ1) is 15.1. The first-order valence-electron chi connectivity index (χ1n) is 10.4. The zero-order valence-corrected chi connectivity index (χ0v) is 18.3. The predicted molar refractivity (Wildman–Crippen MR) is 120 cm³/mol. The summed E-state index contributed by atoms with van der Waals surface area (Å²) in [5.41, 5.74) is 3.58. The van der Waals surface area contributed by atoms with Crippen molar-refractivity contribution in [1.29, 1.82) is 0 Å². The van der Waals surface area contributed by atoms with E-state index in [1.807, 2.05) is 43.3 Å². The van der Waals surface area contributed by atoms with Crippen LogP contribution in [0.15, 0.2) is 48.1 Å². The van der Waals surface area contributed by atoms with Gasteiger partial charge in [-0.1, -0.05) is 30.3 Å². The quantitative estimate of drug-likeness (QED) is 0.591. The number of likely N-dealkylation sites (tertiary alicyclic amines) is 1. The number of carbonyl (C=O) groups excluding carboxylic acids is 2. The molecule has 1 aromatic carbocycles. The fraction of sp³-hybridized carbons (Fsp3) is 0.364. The summed E-state index contributed by atoms with van der Waals surface area (Å²) in [5, 5.41) is 10.4. The minimum atomic E-state index is -0.0578. The van der Waals surface area contributed by atoms with Crippen LogP contribution in [0.25, 0.3) is 0 Å². The van der Waals surface area contributed by atoms with Crippen molar-refractivity contribution in [1.82, 2.24) is 25.0 Å². The van der Waals surface area contributed by atoms with Crippen LogP contribution in [0.2, 0.25) is 0 Å². The SMILES string of the molecule is Cc1ncsc1C(=O)NC1CCN(CC(=O)Nc2ccnn2Cc2ccccc2)CC1. The van der Waals surface area contributed by atoms with Gasteiger partial charge < -0.3 is 10.6 Å². The molecule has 1 fully saturated rings. The van der Waals surface area contributed by atoms with Crippen LogP contribution in [0, 0.1) is 6.92 Å². The van der Waals surface area contributed by atoms with E-state index in [1.165, 1.54) is 11.3 Å². The number of nitrogens with zero attached hydrogens (tertiary/aromatic N) is 4. The van der Waals surface area contributed by atoms with Crippen LogP contribution in [0.4, 0.5) is 5.82 Å². The highest BCUT2D eigenvalue weighted by atomic mass is 32.1. The lowest BCUT2D eigenvalue weighted by Crippen LogP contribution is -2.46. The van der Waals surface area contributed by atoms with E-state index >= 15 is 0 Å². The number of aromatic nitrogens is 3. The number of thiazole rings is 1. The van der Waals surface area contributed by atoms with Crippen molar-refractivity contribution in [3.8, 4) is 0 Å². The van der Waals surface area contributed by atoms with Gasteiger partial charge in [0.2, 0.25) is 5.91 Å². The van der Waals surface area contributed by atoms with Crippen LogP contribution in [0.3, 0.4) is 0 Å². The highest BCUT2D eigenvalue weighted by Gasteiger charge is 2.24. The zero-order valence-electron chi connectivity index (χ0n) is 17.5. The molecule has 2 aromatic heterocycles. The highest BCUT2D eigenvalue weighted by molar-refractivity contribution is 7.11. The number of amides is 2. The first kappa shape index (κ1) is 21.2. The van der Waals surface area contributed by atoms with Gasteiger partial charge in [0.15, 0.2) is 0 Å². The molecule has 1 saturated heterocycles. The summed E-state index contributed by atoms with van der Waals surface area (Å²) in [4.78, 5) is 31.9. The van der Waals surface area contributed by atoms with E-state index in [2.05, 4.69) is 25.6 Å². The van der Waals surface area contributed by atoms with Gasteiger partial charge in [-0.3, -0.25) is 14.5 Å². The van der Waals surface area contributed by atoms with E-state index in [-0.39, 0.29) is 17.9 Å². The van der Waals surface area contributed by atoms with Crippen LogP contribution in [0.5, 0.6) is 0 Å². The summed E-state index contributed by atoms with van der Waals surface area (Å²) in [7, 11) is 0. The number of carbonyl (C=O) groups is 2. The summed E-state index contributed by atoms with van der Waals surface area (Å²) in [6.07, 6.45) is 3.34. The van der Waals surface area contributed by atoms with Crippen molar-refractivity contribution in [2.75, 3.05) is 25.0 Å². The Kier molecular flexibility index (Phi) is 6.73. The molecule has 0 atom stereocenters. The van der Waals surface area contributed by atoms with Crippen molar-refractivity contribution < 1.29 is 9.59 Å². The third-order valence-electron chi connectivity index (χ3n) is 5.40. The number of anilines is 1. The summed E-state index contributed by atoms with van der Waals surface area (Å²) in [6.45, 7) is 4.31. The van der Waals surface area contributed by atoms with E-state index in [4.69, 9.17) is 0 Å². The van der Waals surface area contributed by atoms with Crippen LogP contribution in [-0.4, -0.2) is 57.2 Å². The van der Waals surface area contributed by atoms with Crippen molar-refractivity contribution >= 4 is 29.0 Å². The third-order valence-corrected chi connectivity index (χ3v) is 6.33. The molecule has 0 bridgehead atoms. The Morgan fingerprint density at radius 1 is 1.16 bits per heavy atom. The molecule has 1 aliphatic rings. The minimum absolute atomic E-state index is 0.0529. The van der Waals surface area contributed by atoms with Crippen molar-refractivity contribution in [2.24, 2.45) is 0 Å². The van der Waals surface area contributed by atoms with Gasteiger partial charge >= 0.3 is 0 Å². The van der Waals surface area contributed by atoms with Gasteiger partial charge in [0.05, 0.1) is 30.5 Å². The Morgan fingerprint density at radius 3 is 2.65 bits per heavy atom. The second kappa shape index (κ2) is 9.84. The van der Waals surface area contributed by atoms with Crippen LogP contribution >= 0.6 is 11.3 Å². The molecule has 1 aliphatic heterocycles. The Morgan fingerprint density at radius 2 is 1.94 bits per heavy atom. The Labute approximate surface area is 185 Å². The number of benzene rings is 1. The summed E-state index contributed by atoms with van der Waals surface area (Å²) in [5.74, 6) is 0.580. The van der Waals surface area contributed by atoms with Gasteiger partial charge in [-0.15, -0.1) is 11.3 Å². The molecule has 162 valence electrons. The van der Waals surface area contributed by atoms with Crippen LogP contribution in [0.1, 0.15) is 33.8 Å². The standard InChI is InChI=1S/C22H26N6O2S/c1-16-21(31-15-23-16)22(30)25-18-8-11-27(12-9-18)14-20(29)26-19-7-10-24-28(19)13-17-5-3-2-4-6-17/h2-7,10,15,18H,8-9,11-14H2,1H3,(H,25,30)(H,26,29). The number of nitrogens with one attached hydrogen (secondary N) is 2. The Bertz CT molecular complexity index is 1020. The maximum absolute atomic E-state index is 12.6. The smallest absolute Gasteiger partial charge is 0.263 e. The van der Waals surface area contributed by atoms with Crippen molar-refractivity contribution in [2.45, 2.75) is 32.4 Å². The molecule has 3 aromatic rings. The van der Waals surface area contributed by atoms with E-state index in [0.717, 1.165) is 37.2 Å². The normalized spacial score (nSPS) is 15.0. The van der Waals surface area contributed by atoms with Crippen LogP contribution < -0.4 is 10.6 Å². The maximum atomic E-state index is 12.6. The molecule has 2 amide bonds. The van der Waals surface area contributed by atoms with Crippen molar-refractivity contribution in [3.63, 3.8) is 0 Å². The van der Waals surface area contributed by atoms with Gasteiger partial charge in [0.1, 0.15) is 10.7 Å². The van der Waals surface area contributed by atoms with Crippen LogP contribution in [-0.2, 0) is 11.3 Å². The molecule has 8 nitrogen and oxygen atoms in total. The van der Waals surface area contributed by atoms with Gasteiger partial charge in [0.25, 0.3) is 5.91 Å². The van der Waals surface area contributed by atoms with E-state index in [0.29, 0.717) is 23.8 Å². The molecule has 3 heterocycles. The number of piperidine rings is 1. The fourth-order valence-corrected chi connectivity index (χ4v) is 4.42. The fourth-order valence-electron chi connectivity index (χ4n) is 3.71. The Balaban J connectivity index is 1.23. The number of hydrogen-bond donors (Lipinski definition) is 2. The monoisotopic (exact) mass is 438 g/mol. The maximum Gasteiger partial charge on any atom is 0.263 e. The average Bonchev–Trinajstić information content (AvgIpc) is 3.39. The molecule has 0 unspecified atom stereocenters. The molecule has 0 spiro atoms. The molecule has 0 radical (unpaired) electrons. The largest absolute Gasteiger partial charge is 0.348 e. The first-order valence-corrected chi connectivity index (χ1v) is 11.3. The zero-order chi connectivity index (χ0) is 21.6. The molecule has 0 saturated carbocycles. The molecular weight excluding hydrogens is 412 g/mol. The molecule has 31 heavy (non-hydrogen) atoms. The highest BCUT2D eigenvalue weighted by Crippen LogP contribution is 2.16. The van der Waals surface area contributed by atoms with Gasteiger partial charge in [0, 0.05) is 25.2 Å². The molecule has 2 N–H and O–H groups in total. The topological polar surface area (TPSA) is 92.2 Å². The summed E-state index contributed by atoms with van der Waals surface area (Å²) >= 11 is 1.36. The van der Waals surface area contributed by atoms with E-state index in [9.17, 15) is 9.59 Å². The number of rotatable bonds is 7. The minimum Gasteiger partial charge on any atom is -0.348 e. The molecular formula is C22H26N6O2S. The lowest BCUT2D eigenvalue weighted by atomic mass is 10.0. The number of hydrogen-bond acceptors (Lipinski definition) is 6. The second-order valence-corrected chi connectivity index (χ2v) is 8.55. The van der Waals surface area contributed by atoms with E-state index < -0.39 is 0 Å². The summed E-state index contributed by atoms with van der Waals surface area (Å²) < 4.78 is 1.79. The molecule has 0 aliphatic carbocycles. The summed E-state index contributed by atoms with van der Waals surface area (Å²) in [6, 6.07) is 12.0. The van der Waals surface area contributed by atoms with Crippen molar-refractivity contribution in [3.05, 3.63) is 64.2 Å². The number of aryl methyl sites for hydroxylation is 1. The van der Waals surface area contributed by atoms with Gasteiger partial charge in [-0.2, -0.15) is 5.10 Å². The lowest BCUT2D eigenvalue weighted by Gasteiger charge is -2.31. The predicted octanol–water partition coefficient (Wildman–Crippen LogP) is 2.53. The lowest BCUT2D eigenvalue weighted by molar-refractivity contribution is -0.117. The second-order valence-electron chi connectivity index (χ2n) is 7.70. The Hall–Kier alpha value is -3.04. The van der Waals surface area contributed by atoms with E-state index in [1.54, 1.807) is 16.4 Å². The molecule has 9 heteroatoms.